The highest BCUT2D eigenvalue weighted by molar-refractivity contribution is 5.93. The molecule has 2 aromatic rings. The zero-order valence-corrected chi connectivity index (χ0v) is 15.7. The fraction of sp³-hybridized carbons (Fsp3) is 0.391. The van der Waals surface area contributed by atoms with Crippen molar-refractivity contribution < 1.29 is 9.53 Å². The van der Waals surface area contributed by atoms with Crippen LogP contribution in [0.15, 0.2) is 42.6 Å². The molecule has 1 aromatic carbocycles. The quantitative estimate of drug-likeness (QED) is 0.839. The molecule has 0 radical (unpaired) electrons. The fourth-order valence-corrected chi connectivity index (χ4v) is 4.49. The number of hydrogen-bond acceptors (Lipinski definition) is 4. The van der Waals surface area contributed by atoms with Crippen LogP contribution in [0.25, 0.3) is 0 Å². The zero-order valence-electron chi connectivity index (χ0n) is 15.7. The van der Waals surface area contributed by atoms with Crippen LogP contribution in [-0.2, 0) is 6.42 Å². The second kappa shape index (κ2) is 7.29. The molecule has 5 heteroatoms. The normalized spacial score (nSPS) is 24.9. The van der Waals surface area contributed by atoms with Crippen LogP contribution in [0.4, 0.5) is 0 Å². The van der Waals surface area contributed by atoms with Gasteiger partial charge in [0.1, 0.15) is 11.4 Å². The van der Waals surface area contributed by atoms with E-state index in [9.17, 15) is 4.79 Å². The van der Waals surface area contributed by atoms with Gasteiger partial charge in [-0.1, -0.05) is 30.0 Å². The van der Waals surface area contributed by atoms with Crippen LogP contribution < -0.4 is 10.1 Å². The number of aromatic nitrogens is 1. The highest BCUT2D eigenvalue weighted by Gasteiger charge is 2.52. The number of rotatable bonds is 3. The fourth-order valence-electron chi connectivity index (χ4n) is 4.49. The number of benzene rings is 1. The van der Waals surface area contributed by atoms with Crippen molar-refractivity contribution in [2.75, 3.05) is 19.7 Å². The number of aryl methyl sites for hydroxylation is 1. The van der Waals surface area contributed by atoms with Gasteiger partial charge in [0.25, 0.3) is 5.91 Å². The lowest BCUT2D eigenvalue weighted by molar-refractivity contribution is 0.0867. The van der Waals surface area contributed by atoms with Crippen LogP contribution in [0.2, 0.25) is 0 Å². The predicted octanol–water partition coefficient (Wildman–Crippen LogP) is 2.26. The van der Waals surface area contributed by atoms with Crippen LogP contribution >= 0.6 is 0 Å². The molecular weight excluding hydrogens is 350 g/mol. The third-order valence-electron chi connectivity index (χ3n) is 6.02. The largest absolute Gasteiger partial charge is 0.492 e. The van der Waals surface area contributed by atoms with Gasteiger partial charge >= 0.3 is 0 Å². The van der Waals surface area contributed by atoms with Crippen LogP contribution in [0.5, 0.6) is 5.75 Å². The topological polar surface area (TPSA) is 54.5 Å². The van der Waals surface area contributed by atoms with E-state index in [0.717, 1.165) is 55.8 Å². The Bertz CT molecular complexity index is 947. The summed E-state index contributed by atoms with van der Waals surface area (Å²) in [6, 6.07) is 12.5. The molecular formula is C23H23N3O2. The Morgan fingerprint density at radius 1 is 1.32 bits per heavy atom. The number of fused-ring (bicyclic) bond motifs is 2. The van der Waals surface area contributed by atoms with Gasteiger partial charge in [-0.15, -0.1) is 0 Å². The maximum atomic E-state index is 12.7. The molecule has 1 aliphatic carbocycles. The van der Waals surface area contributed by atoms with Gasteiger partial charge < -0.3 is 10.1 Å². The lowest BCUT2D eigenvalue weighted by atomic mass is 9.80. The van der Waals surface area contributed by atoms with Crippen molar-refractivity contribution in [2.45, 2.75) is 31.3 Å². The lowest BCUT2D eigenvalue weighted by Crippen LogP contribution is -2.54. The van der Waals surface area contributed by atoms with Crippen LogP contribution in [-0.4, -0.2) is 47.6 Å². The van der Waals surface area contributed by atoms with E-state index in [2.05, 4.69) is 27.0 Å². The number of hydrogen-bond donors (Lipinski definition) is 1. The Hall–Kier alpha value is -2.84. The minimum absolute atomic E-state index is 0.0784. The standard InChI is InChI=1S/C23H23N3O2/c27-23(19-12-17-9-5-11-28-21(17)14-24-19)25-22-18-13-20(22)26(15-18)10-4-8-16-6-2-1-3-7-16/h1-3,6-7,12,14,18,20,22H,5,9-11,13,15H2,(H,25,27). The van der Waals surface area contributed by atoms with Crippen molar-refractivity contribution in [3.05, 3.63) is 59.4 Å². The maximum absolute atomic E-state index is 12.7. The molecule has 3 atom stereocenters. The monoisotopic (exact) mass is 373 g/mol. The molecule has 1 N–H and O–H groups in total. The van der Waals surface area contributed by atoms with Crippen molar-refractivity contribution in [1.29, 1.82) is 0 Å². The summed E-state index contributed by atoms with van der Waals surface area (Å²) < 4.78 is 5.59. The molecule has 28 heavy (non-hydrogen) atoms. The average Bonchev–Trinajstić information content (AvgIpc) is 3.31. The Morgan fingerprint density at radius 2 is 2.21 bits per heavy atom. The molecule has 1 amide bonds. The highest BCUT2D eigenvalue weighted by atomic mass is 16.5. The molecule has 2 saturated heterocycles. The van der Waals surface area contributed by atoms with E-state index in [1.165, 1.54) is 0 Å². The first-order valence-corrected chi connectivity index (χ1v) is 9.98. The van der Waals surface area contributed by atoms with Crippen molar-refractivity contribution in [3.63, 3.8) is 0 Å². The first kappa shape index (κ1) is 17.3. The van der Waals surface area contributed by atoms with Gasteiger partial charge in [0.15, 0.2) is 0 Å². The SMILES string of the molecule is O=C(NC1C2CC1N(CC#Cc1ccccc1)C2)c1cc2c(cn1)OCCC2. The van der Waals surface area contributed by atoms with Crippen molar-refractivity contribution >= 4 is 5.91 Å². The van der Waals surface area contributed by atoms with Gasteiger partial charge in [0.2, 0.25) is 0 Å². The van der Waals surface area contributed by atoms with Crippen molar-refractivity contribution in [1.82, 2.24) is 15.2 Å². The van der Waals surface area contributed by atoms with Gasteiger partial charge in [0.05, 0.1) is 19.3 Å². The van der Waals surface area contributed by atoms with E-state index in [1.807, 2.05) is 36.4 Å². The number of nitrogens with zero attached hydrogens (tertiary/aromatic N) is 2. The number of carbonyl (C=O) groups is 1. The van der Waals surface area contributed by atoms with Gasteiger partial charge in [-0.25, -0.2) is 4.98 Å². The number of ether oxygens (including phenoxy) is 1. The summed E-state index contributed by atoms with van der Waals surface area (Å²) in [5.41, 5.74) is 2.62. The van der Waals surface area contributed by atoms with E-state index in [1.54, 1.807) is 6.20 Å². The van der Waals surface area contributed by atoms with Gasteiger partial charge in [-0.3, -0.25) is 9.69 Å². The summed E-state index contributed by atoms with van der Waals surface area (Å²) in [6.07, 6.45) is 4.76. The third-order valence-corrected chi connectivity index (χ3v) is 6.02. The number of carbonyl (C=O) groups excluding carboxylic acids is 1. The number of nitrogens with one attached hydrogen (secondary N) is 1. The summed E-state index contributed by atoms with van der Waals surface area (Å²) in [5, 5.41) is 3.21. The smallest absolute Gasteiger partial charge is 0.270 e. The molecule has 3 fully saturated rings. The Morgan fingerprint density at radius 3 is 3.11 bits per heavy atom. The summed E-state index contributed by atoms with van der Waals surface area (Å²) in [7, 11) is 0. The number of amides is 1. The second-order valence-corrected chi connectivity index (χ2v) is 7.79. The van der Waals surface area contributed by atoms with Crippen molar-refractivity contribution in [2.24, 2.45) is 5.92 Å². The molecule has 1 saturated carbocycles. The minimum Gasteiger partial charge on any atom is -0.492 e. The van der Waals surface area contributed by atoms with E-state index in [0.29, 0.717) is 17.7 Å². The molecule has 4 heterocycles. The molecule has 3 unspecified atom stereocenters. The van der Waals surface area contributed by atoms with E-state index in [-0.39, 0.29) is 11.9 Å². The Balaban J connectivity index is 1.20. The Labute approximate surface area is 165 Å². The third kappa shape index (κ3) is 3.25. The van der Waals surface area contributed by atoms with Gasteiger partial charge in [-0.05, 0) is 48.9 Å². The summed E-state index contributed by atoms with van der Waals surface area (Å²) in [4.78, 5) is 19.4. The molecule has 3 aliphatic heterocycles. The average molecular weight is 373 g/mol. The second-order valence-electron chi connectivity index (χ2n) is 7.79. The van der Waals surface area contributed by atoms with Crippen molar-refractivity contribution in [3.8, 4) is 17.6 Å². The minimum atomic E-state index is -0.0784. The highest BCUT2D eigenvalue weighted by Crippen LogP contribution is 2.40. The van der Waals surface area contributed by atoms with Crippen LogP contribution in [0.3, 0.4) is 0 Å². The lowest BCUT2D eigenvalue weighted by Gasteiger charge is -2.36. The van der Waals surface area contributed by atoms with Gasteiger partial charge in [0, 0.05) is 24.2 Å². The van der Waals surface area contributed by atoms with E-state index >= 15 is 0 Å². The number of pyridine rings is 1. The van der Waals surface area contributed by atoms with E-state index in [4.69, 9.17) is 4.74 Å². The Kier molecular flexibility index (Phi) is 4.50. The summed E-state index contributed by atoms with van der Waals surface area (Å²) in [6.45, 7) is 2.48. The summed E-state index contributed by atoms with van der Waals surface area (Å²) >= 11 is 0. The van der Waals surface area contributed by atoms with Crippen LogP contribution in [0.1, 0.15) is 34.5 Å². The maximum Gasteiger partial charge on any atom is 0.270 e. The first-order valence-electron chi connectivity index (χ1n) is 9.98. The predicted molar refractivity (Wildman–Crippen MR) is 106 cm³/mol. The van der Waals surface area contributed by atoms with Gasteiger partial charge in [-0.2, -0.15) is 0 Å². The van der Waals surface area contributed by atoms with Crippen LogP contribution in [0, 0.1) is 17.8 Å². The zero-order chi connectivity index (χ0) is 18.9. The summed E-state index contributed by atoms with van der Waals surface area (Å²) in [5.74, 6) is 7.76. The molecule has 2 bridgehead atoms. The molecule has 0 spiro atoms. The first-order chi connectivity index (χ1) is 13.8. The van der Waals surface area contributed by atoms with E-state index < -0.39 is 0 Å². The molecule has 1 aromatic heterocycles. The molecule has 6 rings (SSSR count). The molecule has 142 valence electrons. The molecule has 5 nitrogen and oxygen atoms in total. The molecule has 4 aliphatic rings.